The van der Waals surface area contributed by atoms with Crippen molar-refractivity contribution in [1.29, 1.82) is 0 Å². The van der Waals surface area contributed by atoms with Crippen LogP contribution in [0.2, 0.25) is 0 Å². The Morgan fingerprint density at radius 2 is 2.15 bits per heavy atom. The third kappa shape index (κ3) is 3.79. The lowest BCUT2D eigenvalue weighted by molar-refractivity contribution is -0.126. The Hall–Kier alpha value is -1.42. The van der Waals surface area contributed by atoms with E-state index in [1.165, 1.54) is 30.3 Å². The fourth-order valence-electron chi connectivity index (χ4n) is 2.40. The summed E-state index contributed by atoms with van der Waals surface area (Å²) in [4.78, 5) is 15.0. The predicted molar refractivity (Wildman–Crippen MR) is 82.8 cm³/mol. The van der Waals surface area contributed by atoms with Crippen molar-refractivity contribution in [3.63, 3.8) is 0 Å². The number of thioether (sulfide) groups is 1. The van der Waals surface area contributed by atoms with E-state index in [-0.39, 0.29) is 11.7 Å². The highest BCUT2D eigenvalue weighted by Gasteiger charge is 2.18. The topological polar surface area (TPSA) is 40.5 Å². The highest BCUT2D eigenvalue weighted by Crippen LogP contribution is 2.28. The maximum atomic E-state index is 12.3. The number of carbonyl (C=O) groups is 1. The van der Waals surface area contributed by atoms with Gasteiger partial charge in [0.15, 0.2) is 0 Å². The number of amides is 1. The molecule has 1 aliphatic carbocycles. The SMILES string of the molecule is CCN(C(=O)CSc1ccccc1O)C1=CCCCC1. The van der Waals surface area contributed by atoms with Gasteiger partial charge in [-0.2, -0.15) is 0 Å². The molecule has 0 spiro atoms. The van der Waals surface area contributed by atoms with Crippen LogP contribution in [0.4, 0.5) is 0 Å². The van der Waals surface area contributed by atoms with Gasteiger partial charge in [0, 0.05) is 17.1 Å². The minimum atomic E-state index is 0.119. The second kappa shape index (κ2) is 7.39. The van der Waals surface area contributed by atoms with E-state index in [0.717, 1.165) is 17.7 Å². The number of para-hydroxylation sites is 1. The monoisotopic (exact) mass is 291 g/mol. The Balaban J connectivity index is 1.96. The van der Waals surface area contributed by atoms with Crippen LogP contribution >= 0.6 is 11.8 Å². The summed E-state index contributed by atoms with van der Waals surface area (Å²) in [7, 11) is 0. The summed E-state index contributed by atoms with van der Waals surface area (Å²) in [6.45, 7) is 2.73. The Labute approximate surface area is 124 Å². The molecule has 0 aliphatic heterocycles. The van der Waals surface area contributed by atoms with Crippen molar-refractivity contribution in [1.82, 2.24) is 4.90 Å². The highest BCUT2D eigenvalue weighted by atomic mass is 32.2. The summed E-state index contributed by atoms with van der Waals surface area (Å²) in [5.41, 5.74) is 1.17. The van der Waals surface area contributed by atoms with E-state index < -0.39 is 0 Å². The van der Waals surface area contributed by atoms with E-state index in [4.69, 9.17) is 0 Å². The summed E-state index contributed by atoms with van der Waals surface area (Å²) >= 11 is 1.39. The molecule has 2 rings (SSSR count). The molecular weight excluding hydrogens is 270 g/mol. The lowest BCUT2D eigenvalue weighted by atomic mass is 10.0. The molecule has 1 aromatic carbocycles. The van der Waals surface area contributed by atoms with E-state index in [1.54, 1.807) is 12.1 Å². The number of hydrogen-bond donors (Lipinski definition) is 1. The highest BCUT2D eigenvalue weighted by molar-refractivity contribution is 8.00. The summed E-state index contributed by atoms with van der Waals surface area (Å²) in [6.07, 6.45) is 6.66. The Kier molecular flexibility index (Phi) is 5.53. The van der Waals surface area contributed by atoms with Crippen molar-refractivity contribution < 1.29 is 9.90 Å². The Bertz CT molecular complexity index is 499. The molecule has 0 unspecified atom stereocenters. The minimum Gasteiger partial charge on any atom is -0.507 e. The van der Waals surface area contributed by atoms with Crippen LogP contribution in [0, 0.1) is 0 Å². The number of phenols is 1. The number of benzene rings is 1. The van der Waals surface area contributed by atoms with Crippen LogP contribution in [-0.2, 0) is 4.79 Å². The first-order valence-corrected chi connectivity index (χ1v) is 8.11. The number of carbonyl (C=O) groups excluding carboxylic acids is 1. The third-order valence-corrected chi connectivity index (χ3v) is 4.49. The molecule has 3 nitrogen and oxygen atoms in total. The van der Waals surface area contributed by atoms with Crippen LogP contribution < -0.4 is 0 Å². The van der Waals surface area contributed by atoms with Crippen molar-refractivity contribution in [2.75, 3.05) is 12.3 Å². The number of phenolic OH excluding ortho intramolecular Hbond substituents is 1. The largest absolute Gasteiger partial charge is 0.507 e. The molecule has 0 radical (unpaired) electrons. The van der Waals surface area contributed by atoms with Crippen molar-refractivity contribution in [3.8, 4) is 5.75 Å². The second-order valence-corrected chi connectivity index (χ2v) is 5.85. The summed E-state index contributed by atoms with van der Waals surface area (Å²) < 4.78 is 0. The van der Waals surface area contributed by atoms with Gasteiger partial charge in [0.1, 0.15) is 5.75 Å². The van der Waals surface area contributed by atoms with E-state index in [0.29, 0.717) is 12.3 Å². The summed E-state index contributed by atoms with van der Waals surface area (Å²) in [5.74, 6) is 0.724. The molecule has 108 valence electrons. The molecule has 0 atom stereocenters. The molecule has 0 heterocycles. The molecule has 0 saturated heterocycles. The average Bonchev–Trinajstić information content (AvgIpc) is 2.48. The van der Waals surface area contributed by atoms with Crippen LogP contribution in [0.15, 0.2) is 40.9 Å². The lowest BCUT2D eigenvalue weighted by Crippen LogP contribution is -2.32. The first kappa shape index (κ1) is 15.0. The zero-order valence-electron chi connectivity index (χ0n) is 11.8. The van der Waals surface area contributed by atoms with Crippen molar-refractivity contribution in [2.45, 2.75) is 37.5 Å². The number of rotatable bonds is 5. The Morgan fingerprint density at radius 1 is 1.35 bits per heavy atom. The molecular formula is C16H21NO2S. The van der Waals surface area contributed by atoms with Crippen LogP contribution in [0.25, 0.3) is 0 Å². The normalized spacial score (nSPS) is 14.8. The molecule has 0 fully saturated rings. The van der Waals surface area contributed by atoms with Gasteiger partial charge in [-0.1, -0.05) is 18.2 Å². The smallest absolute Gasteiger partial charge is 0.237 e. The maximum absolute atomic E-state index is 12.3. The molecule has 1 N–H and O–H groups in total. The number of hydrogen-bond acceptors (Lipinski definition) is 3. The van der Waals surface area contributed by atoms with Crippen LogP contribution in [0.5, 0.6) is 5.75 Å². The van der Waals surface area contributed by atoms with Crippen molar-refractivity contribution in [3.05, 3.63) is 36.0 Å². The average molecular weight is 291 g/mol. The first-order valence-electron chi connectivity index (χ1n) is 7.12. The lowest BCUT2D eigenvalue weighted by Gasteiger charge is -2.26. The van der Waals surface area contributed by atoms with Crippen molar-refractivity contribution in [2.24, 2.45) is 0 Å². The van der Waals surface area contributed by atoms with Crippen LogP contribution in [-0.4, -0.2) is 28.2 Å². The van der Waals surface area contributed by atoms with Gasteiger partial charge in [-0.05, 0) is 44.7 Å². The van der Waals surface area contributed by atoms with Gasteiger partial charge in [-0.3, -0.25) is 4.79 Å². The second-order valence-electron chi connectivity index (χ2n) is 4.84. The predicted octanol–water partition coefficient (Wildman–Crippen LogP) is 3.79. The molecule has 0 saturated carbocycles. The fourth-order valence-corrected chi connectivity index (χ4v) is 3.23. The quantitative estimate of drug-likeness (QED) is 0.839. The van der Waals surface area contributed by atoms with Gasteiger partial charge < -0.3 is 10.0 Å². The molecule has 1 aromatic rings. The van der Waals surface area contributed by atoms with E-state index in [9.17, 15) is 9.90 Å². The molecule has 4 heteroatoms. The number of aromatic hydroxyl groups is 1. The van der Waals surface area contributed by atoms with Gasteiger partial charge in [0.05, 0.1) is 5.75 Å². The van der Waals surface area contributed by atoms with Crippen molar-refractivity contribution >= 4 is 17.7 Å². The zero-order valence-corrected chi connectivity index (χ0v) is 12.7. The molecule has 0 aromatic heterocycles. The van der Waals surface area contributed by atoms with E-state index in [1.807, 2.05) is 24.0 Å². The molecule has 1 aliphatic rings. The zero-order chi connectivity index (χ0) is 14.4. The molecule has 0 bridgehead atoms. The standard InChI is InChI=1S/C16H21NO2S/c1-2-17(13-8-4-3-5-9-13)16(19)12-20-15-11-7-6-10-14(15)18/h6-8,10-11,18H,2-5,9,12H2,1H3. The van der Waals surface area contributed by atoms with Crippen LogP contribution in [0.3, 0.4) is 0 Å². The van der Waals surface area contributed by atoms with Gasteiger partial charge in [0.25, 0.3) is 0 Å². The molecule has 1 amide bonds. The number of allylic oxidation sites excluding steroid dienone is 2. The maximum Gasteiger partial charge on any atom is 0.237 e. The Morgan fingerprint density at radius 3 is 2.80 bits per heavy atom. The summed E-state index contributed by atoms with van der Waals surface area (Å²) in [6, 6.07) is 7.14. The van der Waals surface area contributed by atoms with Gasteiger partial charge >= 0.3 is 0 Å². The van der Waals surface area contributed by atoms with Gasteiger partial charge in [-0.25, -0.2) is 0 Å². The van der Waals surface area contributed by atoms with Gasteiger partial charge in [0.2, 0.25) is 5.91 Å². The van der Waals surface area contributed by atoms with E-state index >= 15 is 0 Å². The fraction of sp³-hybridized carbons (Fsp3) is 0.438. The van der Waals surface area contributed by atoms with Gasteiger partial charge in [-0.15, -0.1) is 11.8 Å². The summed E-state index contributed by atoms with van der Waals surface area (Å²) in [5, 5.41) is 9.71. The first-order chi connectivity index (χ1) is 9.72. The van der Waals surface area contributed by atoms with Crippen LogP contribution in [0.1, 0.15) is 32.6 Å². The number of nitrogens with zero attached hydrogens (tertiary/aromatic N) is 1. The molecule has 20 heavy (non-hydrogen) atoms. The third-order valence-electron chi connectivity index (χ3n) is 3.45. The van der Waals surface area contributed by atoms with E-state index in [2.05, 4.69) is 6.08 Å². The minimum absolute atomic E-state index is 0.119.